The molecule has 30 heavy (non-hydrogen) atoms. The summed E-state index contributed by atoms with van der Waals surface area (Å²) >= 11 is 5.67. The molecule has 0 spiro atoms. The van der Waals surface area contributed by atoms with Crippen LogP contribution in [0.25, 0.3) is 0 Å². The highest BCUT2D eigenvalue weighted by molar-refractivity contribution is 6.18. The van der Waals surface area contributed by atoms with Gasteiger partial charge in [-0.25, -0.2) is 4.39 Å². The number of amides is 3. The number of piperidine rings is 1. The van der Waals surface area contributed by atoms with E-state index in [1.54, 1.807) is 4.90 Å². The van der Waals surface area contributed by atoms with Gasteiger partial charge in [-0.1, -0.05) is 12.8 Å². The minimum atomic E-state index is -0.389. The fourth-order valence-electron chi connectivity index (χ4n) is 4.29. The first-order chi connectivity index (χ1) is 14.5. The molecule has 6 nitrogen and oxygen atoms in total. The van der Waals surface area contributed by atoms with Crippen molar-refractivity contribution in [2.75, 3.05) is 19.0 Å². The number of nitrogens with zero attached hydrogens (tertiary/aromatic N) is 1. The molecule has 1 saturated carbocycles. The summed E-state index contributed by atoms with van der Waals surface area (Å²) in [7, 11) is 0. The second kappa shape index (κ2) is 10.8. The quantitative estimate of drug-likeness (QED) is 0.672. The Bertz CT molecular complexity index is 758. The Hall–Kier alpha value is -2.15. The molecule has 2 aliphatic rings. The molecule has 2 fully saturated rings. The van der Waals surface area contributed by atoms with E-state index in [1.165, 1.54) is 24.3 Å². The zero-order chi connectivity index (χ0) is 21.5. The van der Waals surface area contributed by atoms with Crippen LogP contribution < -0.4 is 10.6 Å². The van der Waals surface area contributed by atoms with Crippen molar-refractivity contribution in [1.82, 2.24) is 15.5 Å². The van der Waals surface area contributed by atoms with Crippen molar-refractivity contribution in [3.8, 4) is 0 Å². The van der Waals surface area contributed by atoms with E-state index in [9.17, 15) is 18.8 Å². The average molecular weight is 438 g/mol. The van der Waals surface area contributed by atoms with E-state index in [2.05, 4.69) is 10.6 Å². The fraction of sp³-hybridized carbons (Fsp3) is 0.591. The Balaban J connectivity index is 1.58. The standard InChI is InChI=1S/C22H29ClFN3O3/c23-12-11-20(28)27-13-3-4-16(14-27)22(30)26-19-6-2-1-5-18(19)25-21(29)15-7-9-17(24)10-8-15/h7-10,16,18-19H,1-6,11-14H2,(H,25,29)(H,26,30)/t16-,18-,19-/m1/s1. The first kappa shape index (κ1) is 22.5. The van der Waals surface area contributed by atoms with Gasteiger partial charge in [0.1, 0.15) is 5.82 Å². The molecule has 1 aliphatic heterocycles. The zero-order valence-electron chi connectivity index (χ0n) is 17.0. The fourth-order valence-corrected chi connectivity index (χ4v) is 4.45. The average Bonchev–Trinajstić information content (AvgIpc) is 2.75. The molecule has 0 bridgehead atoms. The normalized spacial score (nSPS) is 24.2. The Morgan fingerprint density at radius 3 is 2.33 bits per heavy atom. The van der Waals surface area contributed by atoms with Crippen LogP contribution in [0.1, 0.15) is 55.3 Å². The third-order valence-electron chi connectivity index (χ3n) is 5.97. The van der Waals surface area contributed by atoms with Crippen LogP contribution in [0, 0.1) is 11.7 Å². The number of rotatable bonds is 6. The highest BCUT2D eigenvalue weighted by Gasteiger charge is 2.33. The second-order valence-electron chi connectivity index (χ2n) is 8.10. The van der Waals surface area contributed by atoms with Gasteiger partial charge in [0.15, 0.2) is 0 Å². The van der Waals surface area contributed by atoms with Gasteiger partial charge in [0, 0.05) is 43.0 Å². The Labute approximate surface area is 181 Å². The molecule has 1 saturated heterocycles. The Morgan fingerprint density at radius 2 is 1.67 bits per heavy atom. The van der Waals surface area contributed by atoms with Crippen LogP contribution in [-0.4, -0.2) is 53.7 Å². The molecule has 1 aromatic rings. The highest BCUT2D eigenvalue weighted by atomic mass is 35.5. The minimum Gasteiger partial charge on any atom is -0.351 e. The SMILES string of the molecule is O=C(N[C@@H]1CCCC[C@H]1NC(=O)[C@@H]1CCCN(C(=O)CCCl)C1)c1ccc(F)cc1. The number of hydrogen-bond acceptors (Lipinski definition) is 3. The lowest BCUT2D eigenvalue weighted by Crippen LogP contribution is -2.55. The monoisotopic (exact) mass is 437 g/mol. The van der Waals surface area contributed by atoms with E-state index in [0.29, 0.717) is 18.7 Å². The van der Waals surface area contributed by atoms with Gasteiger partial charge in [-0.15, -0.1) is 11.6 Å². The van der Waals surface area contributed by atoms with E-state index in [-0.39, 0.29) is 53.8 Å². The van der Waals surface area contributed by atoms with Crippen molar-refractivity contribution in [2.24, 2.45) is 5.92 Å². The zero-order valence-corrected chi connectivity index (χ0v) is 17.8. The first-order valence-corrected chi connectivity index (χ1v) is 11.2. The maximum absolute atomic E-state index is 13.1. The van der Waals surface area contributed by atoms with Crippen molar-refractivity contribution >= 4 is 29.3 Å². The van der Waals surface area contributed by atoms with Crippen LogP contribution >= 0.6 is 11.6 Å². The van der Waals surface area contributed by atoms with E-state index >= 15 is 0 Å². The number of carbonyl (C=O) groups excluding carboxylic acids is 3. The first-order valence-electron chi connectivity index (χ1n) is 10.7. The van der Waals surface area contributed by atoms with Gasteiger partial charge in [0.25, 0.3) is 5.91 Å². The summed E-state index contributed by atoms with van der Waals surface area (Å²) in [6, 6.07) is 5.11. The summed E-state index contributed by atoms with van der Waals surface area (Å²) in [6.45, 7) is 1.08. The lowest BCUT2D eigenvalue weighted by atomic mass is 9.88. The smallest absolute Gasteiger partial charge is 0.251 e. The van der Waals surface area contributed by atoms with Gasteiger partial charge in [-0.3, -0.25) is 14.4 Å². The van der Waals surface area contributed by atoms with Crippen LogP contribution in [0.4, 0.5) is 4.39 Å². The maximum Gasteiger partial charge on any atom is 0.251 e. The molecular weight excluding hydrogens is 409 g/mol. The predicted molar refractivity (Wildman–Crippen MR) is 113 cm³/mol. The van der Waals surface area contributed by atoms with E-state index < -0.39 is 0 Å². The summed E-state index contributed by atoms with van der Waals surface area (Å²) < 4.78 is 13.1. The van der Waals surface area contributed by atoms with Crippen molar-refractivity contribution in [1.29, 1.82) is 0 Å². The summed E-state index contributed by atoms with van der Waals surface area (Å²) in [5, 5.41) is 6.12. The molecule has 1 heterocycles. The van der Waals surface area contributed by atoms with Gasteiger partial charge in [0.2, 0.25) is 11.8 Å². The Morgan fingerprint density at radius 1 is 1.00 bits per heavy atom. The molecule has 1 aliphatic carbocycles. The largest absolute Gasteiger partial charge is 0.351 e. The van der Waals surface area contributed by atoms with Gasteiger partial charge in [-0.2, -0.15) is 0 Å². The van der Waals surface area contributed by atoms with Gasteiger partial charge in [0.05, 0.1) is 5.92 Å². The number of halogens is 2. The molecule has 2 N–H and O–H groups in total. The second-order valence-corrected chi connectivity index (χ2v) is 8.48. The number of likely N-dealkylation sites (tertiary alicyclic amines) is 1. The van der Waals surface area contributed by atoms with E-state index in [4.69, 9.17) is 11.6 Å². The molecule has 3 amide bonds. The molecule has 8 heteroatoms. The van der Waals surface area contributed by atoms with Crippen molar-refractivity contribution in [3.05, 3.63) is 35.6 Å². The van der Waals surface area contributed by atoms with Crippen molar-refractivity contribution < 1.29 is 18.8 Å². The van der Waals surface area contributed by atoms with Crippen LogP contribution in [0.2, 0.25) is 0 Å². The van der Waals surface area contributed by atoms with Crippen molar-refractivity contribution in [3.63, 3.8) is 0 Å². The summed E-state index contributed by atoms with van der Waals surface area (Å²) in [5.74, 6) is -0.689. The predicted octanol–water partition coefficient (Wildman–Crippen LogP) is 2.85. The molecule has 0 unspecified atom stereocenters. The third kappa shape index (κ3) is 5.94. The minimum absolute atomic E-state index is 0.00963. The van der Waals surface area contributed by atoms with E-state index in [1.807, 2.05) is 0 Å². The maximum atomic E-state index is 13.1. The van der Waals surface area contributed by atoms with Crippen molar-refractivity contribution in [2.45, 2.75) is 57.0 Å². The molecule has 3 rings (SSSR count). The van der Waals surface area contributed by atoms with Gasteiger partial charge < -0.3 is 15.5 Å². The highest BCUT2D eigenvalue weighted by Crippen LogP contribution is 2.22. The number of alkyl halides is 1. The van der Waals surface area contributed by atoms with Gasteiger partial charge >= 0.3 is 0 Å². The topological polar surface area (TPSA) is 78.5 Å². The molecule has 0 radical (unpaired) electrons. The number of carbonyl (C=O) groups is 3. The summed E-state index contributed by atoms with van der Waals surface area (Å²) in [5.41, 5.74) is 0.396. The molecule has 3 atom stereocenters. The van der Waals surface area contributed by atoms with E-state index in [0.717, 1.165) is 38.5 Å². The number of nitrogens with one attached hydrogen (secondary N) is 2. The van der Waals surface area contributed by atoms with Crippen LogP contribution in [0.5, 0.6) is 0 Å². The van der Waals surface area contributed by atoms with Crippen LogP contribution in [0.3, 0.4) is 0 Å². The molecule has 1 aromatic carbocycles. The van der Waals surface area contributed by atoms with Crippen LogP contribution in [-0.2, 0) is 9.59 Å². The summed E-state index contributed by atoms with van der Waals surface area (Å²) in [4.78, 5) is 39.3. The van der Waals surface area contributed by atoms with Gasteiger partial charge in [-0.05, 0) is 49.9 Å². The number of hydrogen-bond donors (Lipinski definition) is 2. The molecule has 164 valence electrons. The molecule has 0 aromatic heterocycles. The Kier molecular flexibility index (Phi) is 8.08. The third-order valence-corrected chi connectivity index (χ3v) is 6.16. The summed E-state index contributed by atoms with van der Waals surface area (Å²) in [6.07, 6.45) is 5.36. The molecular formula is C22H29ClFN3O3. The lowest BCUT2D eigenvalue weighted by molar-refractivity contribution is -0.135. The van der Waals surface area contributed by atoms with Crippen LogP contribution in [0.15, 0.2) is 24.3 Å². The lowest BCUT2D eigenvalue weighted by Gasteiger charge is -2.36. The number of benzene rings is 1.